The van der Waals surface area contributed by atoms with Gasteiger partial charge in [0.1, 0.15) is 11.9 Å². The number of hydrogen-bond donors (Lipinski definition) is 0. The van der Waals surface area contributed by atoms with E-state index in [-0.39, 0.29) is 0 Å². The van der Waals surface area contributed by atoms with Crippen molar-refractivity contribution in [1.82, 2.24) is 19.7 Å². The Balaban J connectivity index is 1.39. The number of rotatable bonds is 4. The Morgan fingerprint density at radius 1 is 0.963 bits per heavy atom. The maximum atomic E-state index is 9.32. The van der Waals surface area contributed by atoms with Crippen LogP contribution in [0.25, 0.3) is 5.69 Å². The minimum atomic E-state index is 0.653. The van der Waals surface area contributed by atoms with Gasteiger partial charge in [0.2, 0.25) is 0 Å². The van der Waals surface area contributed by atoms with Gasteiger partial charge in [-0.1, -0.05) is 12.1 Å². The SMILES string of the molecule is N#Cc1cccnc1N1CCCN(Cc2ccc(-n3cccn3)cc2)CC1. The molecule has 6 heteroatoms. The van der Waals surface area contributed by atoms with Gasteiger partial charge in [-0.3, -0.25) is 4.90 Å². The molecule has 0 unspecified atom stereocenters. The lowest BCUT2D eigenvalue weighted by atomic mass is 10.2. The predicted molar refractivity (Wildman–Crippen MR) is 105 cm³/mol. The molecule has 3 heterocycles. The van der Waals surface area contributed by atoms with Gasteiger partial charge in [0.05, 0.1) is 11.3 Å². The molecule has 1 aromatic carbocycles. The Bertz CT molecular complexity index is 911. The first kappa shape index (κ1) is 17.3. The van der Waals surface area contributed by atoms with Gasteiger partial charge in [-0.05, 0) is 42.3 Å². The lowest BCUT2D eigenvalue weighted by Gasteiger charge is -2.23. The van der Waals surface area contributed by atoms with Crippen molar-refractivity contribution in [2.24, 2.45) is 0 Å². The third-order valence-electron chi connectivity index (χ3n) is 4.91. The summed E-state index contributed by atoms with van der Waals surface area (Å²) < 4.78 is 1.87. The number of hydrogen-bond acceptors (Lipinski definition) is 5. The fraction of sp³-hybridized carbons (Fsp3) is 0.286. The molecule has 0 aliphatic carbocycles. The summed E-state index contributed by atoms with van der Waals surface area (Å²) in [4.78, 5) is 9.14. The van der Waals surface area contributed by atoms with E-state index < -0.39 is 0 Å². The van der Waals surface area contributed by atoms with Crippen LogP contribution < -0.4 is 4.90 Å². The van der Waals surface area contributed by atoms with E-state index in [2.05, 4.69) is 50.2 Å². The minimum absolute atomic E-state index is 0.653. The van der Waals surface area contributed by atoms with Gasteiger partial charge >= 0.3 is 0 Å². The molecule has 0 radical (unpaired) electrons. The molecule has 2 aromatic heterocycles. The molecule has 3 aromatic rings. The van der Waals surface area contributed by atoms with Crippen molar-refractivity contribution >= 4 is 5.82 Å². The summed E-state index contributed by atoms with van der Waals surface area (Å²) in [5.41, 5.74) is 3.03. The molecule has 27 heavy (non-hydrogen) atoms. The van der Waals surface area contributed by atoms with Crippen LogP contribution >= 0.6 is 0 Å². The van der Waals surface area contributed by atoms with Crippen molar-refractivity contribution in [3.05, 3.63) is 72.2 Å². The second-order valence-electron chi connectivity index (χ2n) is 6.72. The topological polar surface area (TPSA) is 61.0 Å². The van der Waals surface area contributed by atoms with Gasteiger partial charge in [-0.2, -0.15) is 10.4 Å². The zero-order valence-corrected chi connectivity index (χ0v) is 15.2. The summed E-state index contributed by atoms with van der Waals surface area (Å²) in [5.74, 6) is 0.811. The highest BCUT2D eigenvalue weighted by atomic mass is 15.3. The first-order valence-electron chi connectivity index (χ1n) is 9.25. The van der Waals surface area contributed by atoms with Gasteiger partial charge < -0.3 is 4.90 Å². The number of anilines is 1. The van der Waals surface area contributed by atoms with Gasteiger partial charge in [0.25, 0.3) is 0 Å². The van der Waals surface area contributed by atoms with Crippen LogP contribution in [0.1, 0.15) is 17.5 Å². The fourth-order valence-corrected chi connectivity index (χ4v) is 3.51. The standard InChI is InChI=1S/C21H22N6/c22-16-19-4-1-9-23-21(19)26-12-3-11-25(14-15-26)17-18-5-7-20(8-6-18)27-13-2-10-24-27/h1-2,4-10,13H,3,11-12,14-15,17H2. The van der Waals surface area contributed by atoms with Crippen LogP contribution in [0.5, 0.6) is 0 Å². The molecular weight excluding hydrogens is 336 g/mol. The lowest BCUT2D eigenvalue weighted by Crippen LogP contribution is -2.31. The molecule has 6 nitrogen and oxygen atoms in total. The number of nitriles is 1. The second-order valence-corrected chi connectivity index (χ2v) is 6.72. The van der Waals surface area contributed by atoms with Gasteiger partial charge in [0, 0.05) is 51.3 Å². The number of nitrogens with zero attached hydrogens (tertiary/aromatic N) is 6. The normalized spacial score (nSPS) is 15.3. The molecule has 1 saturated heterocycles. The van der Waals surface area contributed by atoms with E-state index in [0.29, 0.717) is 5.56 Å². The van der Waals surface area contributed by atoms with Gasteiger partial charge in [-0.15, -0.1) is 0 Å². The first-order valence-corrected chi connectivity index (χ1v) is 9.25. The monoisotopic (exact) mass is 358 g/mol. The van der Waals surface area contributed by atoms with Crippen LogP contribution in [0.15, 0.2) is 61.1 Å². The predicted octanol–water partition coefficient (Wildman–Crippen LogP) is 2.85. The molecule has 0 bridgehead atoms. The summed E-state index contributed by atoms with van der Waals surface area (Å²) in [6.07, 6.45) is 6.56. The highest BCUT2D eigenvalue weighted by Gasteiger charge is 2.18. The molecule has 1 aliphatic heterocycles. The Labute approximate surface area is 159 Å². The van der Waals surface area contributed by atoms with E-state index in [9.17, 15) is 5.26 Å². The Morgan fingerprint density at radius 2 is 1.85 bits per heavy atom. The van der Waals surface area contributed by atoms with Crippen LogP contribution in [0.3, 0.4) is 0 Å². The van der Waals surface area contributed by atoms with Gasteiger partial charge in [-0.25, -0.2) is 9.67 Å². The molecule has 136 valence electrons. The second kappa shape index (κ2) is 8.02. The summed E-state index contributed by atoms with van der Waals surface area (Å²) >= 11 is 0. The largest absolute Gasteiger partial charge is 0.354 e. The van der Waals surface area contributed by atoms with Gasteiger partial charge in [0.15, 0.2) is 0 Å². The molecule has 1 fully saturated rings. The number of aromatic nitrogens is 3. The fourth-order valence-electron chi connectivity index (χ4n) is 3.51. The molecule has 0 N–H and O–H groups in total. The van der Waals surface area contributed by atoms with Crippen LogP contribution in [0, 0.1) is 11.3 Å². The van der Waals surface area contributed by atoms with Crippen molar-refractivity contribution in [3.63, 3.8) is 0 Å². The summed E-state index contributed by atoms with van der Waals surface area (Å²) in [6.45, 7) is 4.76. The molecule has 0 spiro atoms. The smallest absolute Gasteiger partial charge is 0.146 e. The summed E-state index contributed by atoms with van der Waals surface area (Å²) in [5, 5.41) is 13.6. The van der Waals surface area contributed by atoms with E-state index in [1.165, 1.54) is 5.56 Å². The zero-order chi connectivity index (χ0) is 18.5. The van der Waals surface area contributed by atoms with Crippen molar-refractivity contribution in [2.45, 2.75) is 13.0 Å². The van der Waals surface area contributed by atoms with E-state index in [0.717, 1.165) is 50.6 Å². The lowest BCUT2D eigenvalue weighted by molar-refractivity contribution is 0.285. The Hall–Kier alpha value is -3.17. The van der Waals surface area contributed by atoms with Crippen LogP contribution in [0.2, 0.25) is 0 Å². The third kappa shape index (κ3) is 3.99. The molecule has 0 amide bonds. The maximum Gasteiger partial charge on any atom is 0.146 e. The van der Waals surface area contributed by atoms with E-state index >= 15 is 0 Å². The summed E-state index contributed by atoms with van der Waals surface area (Å²) in [6, 6.07) is 16.4. The average molecular weight is 358 g/mol. The highest BCUT2D eigenvalue weighted by Crippen LogP contribution is 2.19. The van der Waals surface area contributed by atoms with Crippen molar-refractivity contribution < 1.29 is 0 Å². The zero-order valence-electron chi connectivity index (χ0n) is 15.2. The van der Waals surface area contributed by atoms with Crippen molar-refractivity contribution in [3.8, 4) is 11.8 Å². The Kier molecular flexibility index (Phi) is 5.13. The van der Waals surface area contributed by atoms with Crippen molar-refractivity contribution in [1.29, 1.82) is 5.26 Å². The number of pyridine rings is 1. The van der Waals surface area contributed by atoms with Crippen LogP contribution in [-0.4, -0.2) is 45.8 Å². The molecule has 1 aliphatic rings. The molecular formula is C21H22N6. The van der Waals surface area contributed by atoms with E-state index in [1.54, 1.807) is 12.4 Å². The van der Waals surface area contributed by atoms with E-state index in [4.69, 9.17) is 0 Å². The maximum absolute atomic E-state index is 9.32. The average Bonchev–Trinajstić information content (AvgIpc) is 3.16. The Morgan fingerprint density at radius 3 is 2.63 bits per heavy atom. The minimum Gasteiger partial charge on any atom is -0.354 e. The number of benzene rings is 1. The quantitative estimate of drug-likeness (QED) is 0.718. The summed E-state index contributed by atoms with van der Waals surface area (Å²) in [7, 11) is 0. The molecule has 0 atom stereocenters. The molecule has 4 rings (SSSR count). The molecule has 0 saturated carbocycles. The van der Waals surface area contributed by atoms with Crippen LogP contribution in [0.4, 0.5) is 5.82 Å². The third-order valence-corrected chi connectivity index (χ3v) is 4.91. The first-order chi connectivity index (χ1) is 13.3. The highest BCUT2D eigenvalue weighted by molar-refractivity contribution is 5.53. The van der Waals surface area contributed by atoms with Crippen molar-refractivity contribution in [2.75, 3.05) is 31.1 Å². The van der Waals surface area contributed by atoms with Crippen LogP contribution in [-0.2, 0) is 6.54 Å². The van der Waals surface area contributed by atoms with E-state index in [1.807, 2.05) is 29.1 Å².